The Balaban J connectivity index is 0.000000189. The number of carbonyl (C=O) groups is 5. The molecule has 0 bridgehead atoms. The van der Waals surface area contributed by atoms with Crippen molar-refractivity contribution in [3.63, 3.8) is 0 Å². The molecule has 20 nitrogen and oxygen atoms in total. The molecule has 3 aliphatic rings. The highest BCUT2D eigenvalue weighted by atomic mass is 32.2. The number of hydrogen-bond donors (Lipinski definition) is 6. The van der Waals surface area contributed by atoms with Gasteiger partial charge in [-0.25, -0.2) is 30.2 Å². The minimum Gasteiger partial charge on any atom is -0.490 e. The molecule has 0 aromatic heterocycles. The Hall–Kier alpha value is -9.11. The third-order valence-corrected chi connectivity index (χ3v) is 22.3. The number of nitrogens with zero attached hydrogens (tertiary/aromatic N) is 1. The molecule has 0 radical (unpaired) electrons. The molecule has 10 rings (SSSR count). The zero-order valence-electron chi connectivity index (χ0n) is 55.9. The monoisotopic (exact) mass is 1410 g/mol. The van der Waals surface area contributed by atoms with E-state index in [1.54, 1.807) is 88.4 Å². The van der Waals surface area contributed by atoms with Gasteiger partial charge in [-0.2, -0.15) is 13.2 Å². The second kappa shape index (κ2) is 31.6. The Morgan fingerprint density at radius 1 is 0.490 bits per heavy atom. The number of fused-ring (bicyclic) bond motifs is 1. The summed E-state index contributed by atoms with van der Waals surface area (Å²) in [6, 6.07) is 41.6. The van der Waals surface area contributed by atoms with Gasteiger partial charge in [-0.15, -0.1) is 0 Å². The van der Waals surface area contributed by atoms with E-state index in [0.29, 0.717) is 40.0 Å². The third kappa shape index (κ3) is 19.6. The van der Waals surface area contributed by atoms with Crippen LogP contribution in [0.4, 0.5) is 53.0 Å². The lowest BCUT2D eigenvalue weighted by Crippen LogP contribution is -2.35. The molecule has 522 valence electrons. The number of alkyl halides is 3. The highest BCUT2D eigenvalue weighted by Gasteiger charge is 2.38. The molecule has 6 N–H and O–H groups in total. The minimum atomic E-state index is -4.56. The zero-order valence-corrected chi connectivity index (χ0v) is 58.4. The van der Waals surface area contributed by atoms with Crippen LogP contribution in [0, 0.1) is 11.8 Å². The summed E-state index contributed by atoms with van der Waals surface area (Å²) in [5, 5.41) is 6.65. The van der Waals surface area contributed by atoms with E-state index in [1.165, 1.54) is 81.1 Å². The van der Waals surface area contributed by atoms with E-state index in [9.17, 15) is 62.4 Å². The van der Waals surface area contributed by atoms with Gasteiger partial charge in [-0.1, -0.05) is 38.8 Å². The topological polar surface area (TPSA) is 282 Å². The van der Waals surface area contributed by atoms with Gasteiger partial charge in [0.15, 0.2) is 0 Å². The summed E-state index contributed by atoms with van der Waals surface area (Å²) in [5.41, 5.74) is 4.32. The first-order valence-corrected chi connectivity index (χ1v) is 36.7. The predicted molar refractivity (Wildman–Crippen MR) is 377 cm³/mol. The van der Waals surface area contributed by atoms with E-state index in [2.05, 4.69) is 69.9 Å². The number of imide groups is 1. The normalized spacial score (nSPS) is 18.7. The molecule has 1 saturated heterocycles. The maximum absolute atomic E-state index is 12.9. The van der Waals surface area contributed by atoms with Crippen LogP contribution in [0.5, 0.6) is 5.75 Å². The van der Waals surface area contributed by atoms with E-state index >= 15 is 0 Å². The standard InChI is InChI=1S/C25H20F3N3O5S.C24H32N2O3S.C23H30N2O5S/c1-14(2)37(35,36)30-17-7-3-15(4-8-17)22(32)29-18-9-12-20-21(13-18)24(34)31(23(20)33)19-10-5-16(6-11-19)25(26,27)28;1-16(2)30(28,29)26-22-14-10-20(11-15-22)24(27)25-21-12-8-19(9-13-21)23-7-5-6-17(3)18(23)4;1-15(2)31(27,28)25-20-7-5-18(6-8-20)23(26)24-19-9-11-21(12-10-19)30-22-13-16(3)29-17(4)14-22/h3-14,30H,1-2H3,(H,29,32);8-18,23,26H,5-7H2,1-4H3,(H,25,27);5-12,15-17,22,25H,13-14H2,1-4H3,(H,24,26). The van der Waals surface area contributed by atoms with Crippen molar-refractivity contribution < 1.29 is 71.9 Å². The molecule has 7 aromatic rings. The molecule has 2 heterocycles. The third-order valence-electron chi connectivity index (χ3n) is 17.1. The number of halogens is 3. The summed E-state index contributed by atoms with van der Waals surface area (Å²) in [4.78, 5) is 64.2. The van der Waals surface area contributed by atoms with Gasteiger partial charge in [0.25, 0.3) is 29.5 Å². The number of benzene rings is 7. The first kappa shape index (κ1) is 74.7. The lowest BCUT2D eigenvalue weighted by atomic mass is 9.71. The van der Waals surface area contributed by atoms with Crippen molar-refractivity contribution in [2.75, 3.05) is 35.0 Å². The number of ether oxygens (including phenoxy) is 2. The molecule has 7 aromatic carbocycles. The lowest BCUT2D eigenvalue weighted by Gasteiger charge is -2.34. The number of nitrogens with one attached hydrogen (secondary N) is 6. The lowest BCUT2D eigenvalue weighted by molar-refractivity contribution is -0.137. The van der Waals surface area contributed by atoms with Crippen LogP contribution in [0.2, 0.25) is 0 Å². The summed E-state index contributed by atoms with van der Waals surface area (Å²) in [6.07, 6.45) is 1.43. The summed E-state index contributed by atoms with van der Waals surface area (Å²) < 4.78 is 129. The molecule has 1 saturated carbocycles. The number of carbonyl (C=O) groups excluding carboxylic acids is 5. The largest absolute Gasteiger partial charge is 0.490 e. The van der Waals surface area contributed by atoms with Crippen molar-refractivity contribution in [2.24, 2.45) is 11.8 Å². The van der Waals surface area contributed by atoms with Gasteiger partial charge in [-0.3, -0.25) is 38.1 Å². The van der Waals surface area contributed by atoms with Gasteiger partial charge >= 0.3 is 6.18 Å². The highest BCUT2D eigenvalue weighted by molar-refractivity contribution is 7.93. The van der Waals surface area contributed by atoms with Gasteiger partial charge in [0.2, 0.25) is 30.1 Å². The van der Waals surface area contributed by atoms with Crippen LogP contribution in [0.3, 0.4) is 0 Å². The molecule has 0 spiro atoms. The number of amides is 5. The fraction of sp³-hybridized carbons (Fsp3) is 0.347. The highest BCUT2D eigenvalue weighted by Crippen LogP contribution is 2.41. The van der Waals surface area contributed by atoms with Crippen molar-refractivity contribution >= 4 is 99.4 Å². The Morgan fingerprint density at radius 2 is 0.867 bits per heavy atom. The van der Waals surface area contributed by atoms with Crippen LogP contribution in [0.1, 0.15) is 170 Å². The first-order chi connectivity index (χ1) is 46.1. The van der Waals surface area contributed by atoms with E-state index in [0.717, 1.165) is 59.4 Å². The van der Waals surface area contributed by atoms with E-state index in [1.807, 2.05) is 24.3 Å². The Bertz CT molecular complexity index is 4320. The summed E-state index contributed by atoms with van der Waals surface area (Å²) in [6.45, 7) is 18.3. The molecular weight excluding hydrogens is 1320 g/mol. The number of hydrogen-bond acceptors (Lipinski definition) is 13. The predicted octanol–water partition coefficient (Wildman–Crippen LogP) is 15.0. The smallest absolute Gasteiger partial charge is 0.416 e. The molecule has 2 fully saturated rings. The van der Waals surface area contributed by atoms with Gasteiger partial charge in [0.05, 0.1) is 50.3 Å². The SMILES string of the molecule is CC(C)S(=O)(=O)Nc1ccc(C(=O)Nc2ccc3c(c2)C(=O)N(c2ccc(C(F)(F)F)cc2)C3=O)cc1.CC1CC(Oc2ccc(NC(=O)c3ccc(NS(=O)(=O)C(C)C)cc3)cc2)CC(C)O1.CC1CCCC(c2ccc(NC(=O)c3ccc(NS(=O)(=O)C(C)C)cc3)cc2)C1C. The summed E-state index contributed by atoms with van der Waals surface area (Å²) in [7, 11) is -10.4. The van der Waals surface area contributed by atoms with Crippen LogP contribution < -0.4 is 39.8 Å². The van der Waals surface area contributed by atoms with Crippen molar-refractivity contribution in [2.45, 2.75) is 147 Å². The minimum absolute atomic E-state index is 0.0128. The van der Waals surface area contributed by atoms with Crippen molar-refractivity contribution in [3.05, 3.63) is 203 Å². The fourth-order valence-corrected chi connectivity index (χ4v) is 13.1. The maximum Gasteiger partial charge on any atom is 0.416 e. The molecule has 2 aliphatic heterocycles. The second-order valence-electron chi connectivity index (χ2n) is 25.4. The van der Waals surface area contributed by atoms with Crippen molar-refractivity contribution in [3.8, 4) is 5.75 Å². The Kier molecular flexibility index (Phi) is 24.1. The average Bonchev–Trinajstić information content (AvgIpc) is 1.61. The van der Waals surface area contributed by atoms with Crippen LogP contribution >= 0.6 is 0 Å². The van der Waals surface area contributed by atoms with Crippen LogP contribution in [-0.2, 0) is 41.0 Å². The fourth-order valence-electron chi connectivity index (χ4n) is 11.0. The Labute approximate surface area is 571 Å². The maximum atomic E-state index is 12.9. The molecule has 5 amide bonds. The van der Waals surface area contributed by atoms with Gasteiger partial charge < -0.3 is 25.4 Å². The first-order valence-electron chi connectivity index (χ1n) is 32.1. The van der Waals surface area contributed by atoms with Gasteiger partial charge in [0.1, 0.15) is 11.9 Å². The molecule has 98 heavy (non-hydrogen) atoms. The van der Waals surface area contributed by atoms with Gasteiger partial charge in [0, 0.05) is 63.7 Å². The van der Waals surface area contributed by atoms with Crippen LogP contribution in [-0.4, -0.2) is 88.9 Å². The number of rotatable bonds is 19. The molecule has 1 aliphatic carbocycles. The molecule has 5 atom stereocenters. The second-order valence-corrected chi connectivity index (χ2v) is 32.1. The quantitative estimate of drug-likeness (QED) is 0.0411. The van der Waals surface area contributed by atoms with E-state index < -0.39 is 75.3 Å². The molecular formula is C72H82F3N7O13S3. The molecule has 26 heteroatoms. The van der Waals surface area contributed by atoms with Crippen LogP contribution in [0.15, 0.2) is 164 Å². The summed E-state index contributed by atoms with van der Waals surface area (Å²) in [5.74, 6) is 0.276. The van der Waals surface area contributed by atoms with Crippen LogP contribution in [0.25, 0.3) is 0 Å². The summed E-state index contributed by atoms with van der Waals surface area (Å²) >= 11 is 0. The average molecular weight is 1410 g/mol. The number of anilines is 7. The van der Waals surface area contributed by atoms with E-state index in [4.69, 9.17) is 9.47 Å². The number of sulfonamides is 3. The molecule has 5 unspecified atom stereocenters. The van der Waals surface area contributed by atoms with Crippen molar-refractivity contribution in [1.29, 1.82) is 0 Å². The zero-order chi connectivity index (χ0) is 71.6. The van der Waals surface area contributed by atoms with E-state index in [-0.39, 0.29) is 63.9 Å². The van der Waals surface area contributed by atoms with Gasteiger partial charge in [-0.05, 0) is 237 Å². The van der Waals surface area contributed by atoms with Crippen molar-refractivity contribution in [1.82, 2.24) is 0 Å². The Morgan fingerprint density at radius 3 is 1.28 bits per heavy atom.